The third-order valence-corrected chi connectivity index (χ3v) is 2.26. The Bertz CT molecular complexity index is 312. The largest absolute Gasteiger partial charge is 0.480 e. The van der Waals surface area contributed by atoms with E-state index < -0.39 is 11.5 Å². The Kier molecular flexibility index (Phi) is 5.33. The highest BCUT2D eigenvalue weighted by molar-refractivity contribution is 5.85. The predicted octanol–water partition coefficient (Wildman–Crippen LogP) is 1.84. The highest BCUT2D eigenvalue weighted by Crippen LogP contribution is 2.11. The fourth-order valence-corrected chi connectivity index (χ4v) is 1.16. The van der Waals surface area contributed by atoms with Gasteiger partial charge >= 0.3 is 5.97 Å². The molecule has 0 aliphatic heterocycles. The summed E-state index contributed by atoms with van der Waals surface area (Å²) in [6, 6.07) is 9.74. The van der Waals surface area contributed by atoms with Gasteiger partial charge in [0.25, 0.3) is 0 Å². The lowest BCUT2D eigenvalue weighted by atomic mass is 9.95. The lowest BCUT2D eigenvalue weighted by Crippen LogP contribution is -2.45. The summed E-state index contributed by atoms with van der Waals surface area (Å²) in [5.74, 6) is -0.951. The smallest absolute Gasteiger partial charge is 0.323 e. The van der Waals surface area contributed by atoms with Crippen LogP contribution in [0, 0.1) is 0 Å². The fraction of sp³-hybridized carbons (Fsp3) is 0.364. The van der Waals surface area contributed by atoms with Crippen molar-refractivity contribution in [2.45, 2.75) is 25.3 Å². The maximum atomic E-state index is 10.7. The van der Waals surface area contributed by atoms with E-state index >= 15 is 0 Å². The minimum Gasteiger partial charge on any atom is -0.480 e. The van der Waals surface area contributed by atoms with Crippen LogP contribution in [0.4, 0.5) is 0 Å². The van der Waals surface area contributed by atoms with Crippen LogP contribution >= 0.6 is 12.4 Å². The van der Waals surface area contributed by atoms with E-state index in [4.69, 9.17) is 10.8 Å². The summed E-state index contributed by atoms with van der Waals surface area (Å²) in [4.78, 5) is 10.7. The molecular formula is C11H16ClNO2. The molecule has 0 amide bonds. The van der Waals surface area contributed by atoms with E-state index in [9.17, 15) is 4.79 Å². The van der Waals surface area contributed by atoms with E-state index in [-0.39, 0.29) is 12.4 Å². The highest BCUT2D eigenvalue weighted by Gasteiger charge is 2.26. The Morgan fingerprint density at radius 2 is 1.93 bits per heavy atom. The third kappa shape index (κ3) is 4.32. The maximum absolute atomic E-state index is 10.7. The van der Waals surface area contributed by atoms with Crippen LogP contribution in [-0.4, -0.2) is 16.6 Å². The Hall–Kier alpha value is -1.06. The van der Waals surface area contributed by atoms with Gasteiger partial charge in [-0.3, -0.25) is 4.79 Å². The first-order valence-corrected chi connectivity index (χ1v) is 4.58. The van der Waals surface area contributed by atoms with Crippen molar-refractivity contribution in [1.29, 1.82) is 0 Å². The van der Waals surface area contributed by atoms with E-state index in [1.54, 1.807) is 0 Å². The standard InChI is InChI=1S/C11H15NO2.ClH/c1-11(12,10(13)14)8-7-9-5-3-2-4-6-9;/h2-6H,7-8,12H2,1H3,(H,13,14);1H. The number of benzene rings is 1. The average Bonchev–Trinajstić information content (AvgIpc) is 2.16. The van der Waals surface area contributed by atoms with Gasteiger partial charge in [0.05, 0.1) is 0 Å². The zero-order valence-corrected chi connectivity index (χ0v) is 9.46. The van der Waals surface area contributed by atoms with Crippen molar-refractivity contribution in [1.82, 2.24) is 0 Å². The molecule has 1 rings (SSSR count). The van der Waals surface area contributed by atoms with Gasteiger partial charge < -0.3 is 10.8 Å². The Morgan fingerprint density at radius 3 is 2.40 bits per heavy atom. The van der Waals surface area contributed by atoms with Gasteiger partial charge in [-0.1, -0.05) is 30.3 Å². The van der Waals surface area contributed by atoms with Gasteiger partial charge in [-0.15, -0.1) is 12.4 Å². The highest BCUT2D eigenvalue weighted by atomic mass is 35.5. The molecule has 0 radical (unpaired) electrons. The monoisotopic (exact) mass is 229 g/mol. The van der Waals surface area contributed by atoms with Crippen molar-refractivity contribution < 1.29 is 9.90 Å². The Morgan fingerprint density at radius 1 is 1.40 bits per heavy atom. The fourth-order valence-electron chi connectivity index (χ4n) is 1.16. The van der Waals surface area contributed by atoms with E-state index in [0.29, 0.717) is 12.8 Å². The molecular weight excluding hydrogens is 214 g/mol. The first-order chi connectivity index (χ1) is 6.52. The molecule has 1 unspecified atom stereocenters. The van der Waals surface area contributed by atoms with Gasteiger partial charge in [-0.25, -0.2) is 0 Å². The molecule has 1 aromatic carbocycles. The molecule has 1 atom stereocenters. The van der Waals surface area contributed by atoms with Gasteiger partial charge in [0.1, 0.15) is 5.54 Å². The zero-order valence-electron chi connectivity index (χ0n) is 8.64. The third-order valence-electron chi connectivity index (χ3n) is 2.26. The van der Waals surface area contributed by atoms with E-state index in [0.717, 1.165) is 5.56 Å². The number of carboxylic acid groups (broad SMARTS) is 1. The summed E-state index contributed by atoms with van der Waals surface area (Å²) in [6.45, 7) is 1.54. The van der Waals surface area contributed by atoms with Crippen LogP contribution in [0.1, 0.15) is 18.9 Å². The summed E-state index contributed by atoms with van der Waals surface area (Å²) >= 11 is 0. The zero-order chi connectivity index (χ0) is 10.6. The number of aliphatic carboxylic acids is 1. The summed E-state index contributed by atoms with van der Waals surface area (Å²) in [5, 5.41) is 8.79. The molecule has 84 valence electrons. The Balaban J connectivity index is 0.00000196. The van der Waals surface area contributed by atoms with Gasteiger partial charge in [0.2, 0.25) is 0 Å². The molecule has 3 nitrogen and oxygen atoms in total. The summed E-state index contributed by atoms with van der Waals surface area (Å²) < 4.78 is 0. The molecule has 0 aliphatic carbocycles. The van der Waals surface area contributed by atoms with Crippen LogP contribution < -0.4 is 5.73 Å². The van der Waals surface area contributed by atoms with E-state index in [1.165, 1.54) is 6.92 Å². The van der Waals surface area contributed by atoms with Crippen molar-refractivity contribution in [3.63, 3.8) is 0 Å². The van der Waals surface area contributed by atoms with Gasteiger partial charge in [-0.05, 0) is 25.3 Å². The molecule has 15 heavy (non-hydrogen) atoms. The van der Waals surface area contributed by atoms with E-state index in [1.807, 2.05) is 30.3 Å². The number of aryl methyl sites for hydroxylation is 1. The van der Waals surface area contributed by atoms with Crippen molar-refractivity contribution in [2.75, 3.05) is 0 Å². The molecule has 0 aliphatic rings. The lowest BCUT2D eigenvalue weighted by Gasteiger charge is -2.18. The first-order valence-electron chi connectivity index (χ1n) is 4.58. The maximum Gasteiger partial charge on any atom is 0.323 e. The van der Waals surface area contributed by atoms with Gasteiger partial charge in [0, 0.05) is 0 Å². The van der Waals surface area contributed by atoms with Crippen LogP contribution in [0.5, 0.6) is 0 Å². The van der Waals surface area contributed by atoms with Gasteiger partial charge in [0.15, 0.2) is 0 Å². The molecule has 1 aromatic rings. The second-order valence-corrected chi connectivity index (χ2v) is 3.71. The number of carboxylic acids is 1. The molecule has 4 heteroatoms. The summed E-state index contributed by atoms with van der Waals surface area (Å²) in [6.07, 6.45) is 1.15. The summed E-state index contributed by atoms with van der Waals surface area (Å²) in [5.41, 5.74) is 5.59. The second-order valence-electron chi connectivity index (χ2n) is 3.71. The van der Waals surface area contributed by atoms with Gasteiger partial charge in [-0.2, -0.15) is 0 Å². The minimum atomic E-state index is -1.13. The average molecular weight is 230 g/mol. The van der Waals surface area contributed by atoms with Crippen LogP contribution in [-0.2, 0) is 11.2 Å². The molecule has 0 bridgehead atoms. The van der Waals surface area contributed by atoms with E-state index in [2.05, 4.69) is 0 Å². The molecule has 0 saturated carbocycles. The molecule has 0 spiro atoms. The quantitative estimate of drug-likeness (QED) is 0.828. The van der Waals surface area contributed by atoms with Crippen LogP contribution in [0.3, 0.4) is 0 Å². The van der Waals surface area contributed by atoms with Crippen molar-refractivity contribution in [3.05, 3.63) is 35.9 Å². The number of nitrogens with two attached hydrogens (primary N) is 1. The van der Waals surface area contributed by atoms with Crippen molar-refractivity contribution in [3.8, 4) is 0 Å². The lowest BCUT2D eigenvalue weighted by molar-refractivity contribution is -0.142. The number of halogens is 1. The van der Waals surface area contributed by atoms with Crippen LogP contribution in [0.2, 0.25) is 0 Å². The number of hydrogen-bond donors (Lipinski definition) is 2. The van der Waals surface area contributed by atoms with Crippen molar-refractivity contribution in [2.24, 2.45) is 5.73 Å². The predicted molar refractivity (Wildman–Crippen MR) is 62.2 cm³/mol. The molecule has 0 saturated heterocycles. The number of carbonyl (C=O) groups is 1. The van der Waals surface area contributed by atoms with Crippen LogP contribution in [0.15, 0.2) is 30.3 Å². The van der Waals surface area contributed by atoms with Crippen molar-refractivity contribution >= 4 is 18.4 Å². The van der Waals surface area contributed by atoms with Crippen LogP contribution in [0.25, 0.3) is 0 Å². The number of rotatable bonds is 4. The summed E-state index contributed by atoms with van der Waals surface area (Å²) in [7, 11) is 0. The first kappa shape index (κ1) is 13.9. The SMILES string of the molecule is CC(N)(CCc1ccccc1)C(=O)O.Cl. The minimum absolute atomic E-state index is 0. The molecule has 0 fully saturated rings. The molecule has 0 aromatic heterocycles. The number of hydrogen-bond acceptors (Lipinski definition) is 2. The second kappa shape index (κ2) is 5.73. The normalized spacial score (nSPS) is 13.7. The molecule has 3 N–H and O–H groups in total. The topological polar surface area (TPSA) is 63.3 Å². The Labute approximate surface area is 95.7 Å². The molecule has 0 heterocycles.